The minimum Gasteiger partial charge on any atom is -0.264 e. The van der Waals surface area contributed by atoms with Gasteiger partial charge in [0.2, 0.25) is 0 Å². The van der Waals surface area contributed by atoms with Crippen molar-refractivity contribution < 1.29 is 17.5 Å². The Balaban J connectivity index is 0.000000296. The monoisotopic (exact) mass is 306 g/mol. The average molecular weight is 306 g/mol. The molecule has 112 valence electrons. The Labute approximate surface area is 125 Å². The lowest BCUT2D eigenvalue weighted by molar-refractivity contribution is 0.381. The SMILES string of the molecule is C=Cc1ccccc1.C=Cc1ccccc1.O=S(=O)(O)O. The molecule has 0 aliphatic heterocycles. The fourth-order valence-corrected chi connectivity index (χ4v) is 1.18. The molecule has 0 saturated carbocycles. The highest BCUT2D eigenvalue weighted by atomic mass is 32.3. The van der Waals surface area contributed by atoms with Crippen molar-refractivity contribution in [1.29, 1.82) is 0 Å². The average Bonchev–Trinajstić information content (AvgIpc) is 2.48. The predicted molar refractivity (Wildman–Crippen MR) is 87.2 cm³/mol. The molecule has 0 aliphatic carbocycles. The molecule has 5 heteroatoms. The first-order chi connectivity index (χ1) is 9.86. The van der Waals surface area contributed by atoms with Crippen molar-refractivity contribution in [2.45, 2.75) is 0 Å². The van der Waals surface area contributed by atoms with Crippen molar-refractivity contribution in [2.75, 3.05) is 0 Å². The molecule has 0 aliphatic rings. The van der Waals surface area contributed by atoms with Gasteiger partial charge in [0.25, 0.3) is 0 Å². The third-order valence-corrected chi connectivity index (χ3v) is 2.07. The second kappa shape index (κ2) is 10.6. The van der Waals surface area contributed by atoms with Gasteiger partial charge in [-0.25, -0.2) is 0 Å². The smallest absolute Gasteiger partial charge is 0.264 e. The first-order valence-corrected chi connectivity index (χ1v) is 7.31. The number of rotatable bonds is 2. The van der Waals surface area contributed by atoms with E-state index >= 15 is 0 Å². The van der Waals surface area contributed by atoms with Crippen LogP contribution in [-0.4, -0.2) is 17.5 Å². The van der Waals surface area contributed by atoms with Crippen molar-refractivity contribution in [3.8, 4) is 0 Å². The van der Waals surface area contributed by atoms with Crippen LogP contribution < -0.4 is 0 Å². The van der Waals surface area contributed by atoms with Gasteiger partial charge in [-0.05, 0) is 11.1 Å². The first-order valence-electron chi connectivity index (χ1n) is 5.91. The predicted octanol–water partition coefficient (Wildman–Crippen LogP) is 4.01. The third-order valence-electron chi connectivity index (χ3n) is 2.07. The van der Waals surface area contributed by atoms with E-state index < -0.39 is 10.4 Å². The van der Waals surface area contributed by atoms with Crippen LogP contribution in [0.4, 0.5) is 0 Å². The van der Waals surface area contributed by atoms with E-state index in [0.29, 0.717) is 0 Å². The summed E-state index contributed by atoms with van der Waals surface area (Å²) in [5, 5.41) is 0. The van der Waals surface area contributed by atoms with Gasteiger partial charge < -0.3 is 0 Å². The molecule has 21 heavy (non-hydrogen) atoms. The summed E-state index contributed by atoms with van der Waals surface area (Å²) in [5.41, 5.74) is 2.35. The second-order valence-electron chi connectivity index (χ2n) is 3.68. The molecule has 0 aromatic heterocycles. The van der Waals surface area contributed by atoms with Crippen molar-refractivity contribution in [1.82, 2.24) is 0 Å². The molecule has 2 rings (SSSR count). The minimum absolute atomic E-state index is 1.17. The zero-order valence-corrected chi connectivity index (χ0v) is 12.3. The van der Waals surface area contributed by atoms with Crippen LogP contribution in [0.15, 0.2) is 73.8 Å². The van der Waals surface area contributed by atoms with E-state index in [9.17, 15) is 0 Å². The molecule has 0 radical (unpaired) electrons. The van der Waals surface area contributed by atoms with E-state index in [-0.39, 0.29) is 0 Å². The highest BCUT2D eigenvalue weighted by Crippen LogP contribution is 1.98. The third kappa shape index (κ3) is 14.0. The topological polar surface area (TPSA) is 74.6 Å². The molecule has 0 saturated heterocycles. The van der Waals surface area contributed by atoms with Gasteiger partial charge in [-0.2, -0.15) is 8.42 Å². The summed E-state index contributed by atoms with van der Waals surface area (Å²) >= 11 is 0. The number of benzene rings is 2. The van der Waals surface area contributed by atoms with Gasteiger partial charge in [-0.3, -0.25) is 9.11 Å². The Hall–Kier alpha value is -2.21. The maximum atomic E-state index is 8.74. The highest BCUT2D eigenvalue weighted by Gasteiger charge is 1.84. The largest absolute Gasteiger partial charge is 0.394 e. The van der Waals surface area contributed by atoms with E-state index in [0.717, 1.165) is 0 Å². The van der Waals surface area contributed by atoms with Crippen LogP contribution in [0.5, 0.6) is 0 Å². The molecule has 0 fully saturated rings. The van der Waals surface area contributed by atoms with Gasteiger partial charge in [-0.1, -0.05) is 86.0 Å². The number of hydrogen-bond donors (Lipinski definition) is 2. The quantitative estimate of drug-likeness (QED) is 0.822. The van der Waals surface area contributed by atoms with Crippen molar-refractivity contribution in [3.63, 3.8) is 0 Å². The van der Waals surface area contributed by atoms with Crippen molar-refractivity contribution in [3.05, 3.63) is 84.9 Å². The Bertz CT molecular complexity index is 568. The van der Waals surface area contributed by atoms with Gasteiger partial charge in [-0.15, -0.1) is 0 Å². The molecular formula is C16H18O4S. The summed E-state index contributed by atoms with van der Waals surface area (Å²) < 4.78 is 31.6. The van der Waals surface area contributed by atoms with Crippen LogP contribution in [-0.2, 0) is 10.4 Å². The summed E-state index contributed by atoms with van der Waals surface area (Å²) in [6.07, 6.45) is 3.67. The molecule has 2 N–H and O–H groups in total. The van der Waals surface area contributed by atoms with Crippen LogP contribution in [0, 0.1) is 0 Å². The lowest BCUT2D eigenvalue weighted by atomic mass is 10.2. The molecule has 0 heterocycles. The molecule has 2 aromatic carbocycles. The highest BCUT2D eigenvalue weighted by molar-refractivity contribution is 7.79. The number of hydrogen-bond acceptors (Lipinski definition) is 2. The second-order valence-corrected chi connectivity index (χ2v) is 4.57. The fraction of sp³-hybridized carbons (Fsp3) is 0. The van der Waals surface area contributed by atoms with Crippen molar-refractivity contribution >= 4 is 22.6 Å². The van der Waals surface area contributed by atoms with Gasteiger partial charge in [0.15, 0.2) is 0 Å². The summed E-state index contributed by atoms with van der Waals surface area (Å²) in [7, 11) is -4.67. The Morgan fingerprint density at radius 2 is 0.952 bits per heavy atom. The lowest BCUT2D eigenvalue weighted by Crippen LogP contribution is -1.89. The molecule has 4 nitrogen and oxygen atoms in total. The van der Waals surface area contributed by atoms with Crippen LogP contribution in [0.25, 0.3) is 12.2 Å². The molecule has 0 unspecified atom stereocenters. The van der Waals surface area contributed by atoms with Gasteiger partial charge >= 0.3 is 10.4 Å². The molecule has 0 amide bonds. The van der Waals surface area contributed by atoms with Crippen LogP contribution in [0.1, 0.15) is 11.1 Å². The van der Waals surface area contributed by atoms with Gasteiger partial charge in [0, 0.05) is 0 Å². The Morgan fingerprint density at radius 3 is 1.10 bits per heavy atom. The maximum Gasteiger partial charge on any atom is 0.394 e. The van der Waals surface area contributed by atoms with E-state index in [1.165, 1.54) is 11.1 Å². The Kier molecular flexibility index (Phi) is 9.45. The van der Waals surface area contributed by atoms with Crippen LogP contribution in [0.3, 0.4) is 0 Å². The maximum absolute atomic E-state index is 8.74. The standard InChI is InChI=1S/2C8H8.H2O4S/c2*1-2-8-6-4-3-5-7-8;1-5(2,3)4/h2*2-7H,1H2;(H2,1,2,3,4). The summed E-state index contributed by atoms with van der Waals surface area (Å²) in [6.45, 7) is 7.26. The van der Waals surface area contributed by atoms with Crippen molar-refractivity contribution in [2.24, 2.45) is 0 Å². The summed E-state index contributed by atoms with van der Waals surface area (Å²) in [4.78, 5) is 0. The van der Waals surface area contributed by atoms with E-state index in [4.69, 9.17) is 17.5 Å². The first kappa shape index (κ1) is 18.8. The van der Waals surface area contributed by atoms with Gasteiger partial charge in [0.05, 0.1) is 0 Å². The minimum atomic E-state index is -4.67. The lowest BCUT2D eigenvalue weighted by Gasteiger charge is -1.85. The fourth-order valence-electron chi connectivity index (χ4n) is 1.18. The van der Waals surface area contributed by atoms with Crippen LogP contribution in [0.2, 0.25) is 0 Å². The molecular weight excluding hydrogens is 288 g/mol. The van der Waals surface area contributed by atoms with E-state index in [1.807, 2.05) is 72.8 Å². The molecule has 0 atom stereocenters. The molecule has 0 spiro atoms. The van der Waals surface area contributed by atoms with Crippen LogP contribution >= 0.6 is 0 Å². The zero-order valence-electron chi connectivity index (χ0n) is 11.5. The van der Waals surface area contributed by atoms with E-state index in [2.05, 4.69) is 13.2 Å². The molecule has 0 bridgehead atoms. The Morgan fingerprint density at radius 1 is 0.714 bits per heavy atom. The van der Waals surface area contributed by atoms with E-state index in [1.54, 1.807) is 0 Å². The summed E-state index contributed by atoms with van der Waals surface area (Å²) in [6, 6.07) is 20.1. The normalized spacial score (nSPS) is 9.24. The zero-order chi connectivity index (χ0) is 16.1. The molecule has 2 aromatic rings. The summed E-state index contributed by atoms with van der Waals surface area (Å²) in [5.74, 6) is 0. The van der Waals surface area contributed by atoms with Gasteiger partial charge in [0.1, 0.15) is 0 Å².